The van der Waals surface area contributed by atoms with Crippen molar-refractivity contribution in [3.63, 3.8) is 0 Å². The summed E-state index contributed by atoms with van der Waals surface area (Å²) in [6, 6.07) is 17.9. The van der Waals surface area contributed by atoms with Crippen LogP contribution >= 0.6 is 23.2 Å². The molecule has 0 bridgehead atoms. The van der Waals surface area contributed by atoms with Crippen molar-refractivity contribution in [3.8, 4) is 11.5 Å². The first-order chi connectivity index (χ1) is 14.5. The van der Waals surface area contributed by atoms with E-state index in [4.69, 9.17) is 32.7 Å². The maximum atomic E-state index is 12.6. The van der Waals surface area contributed by atoms with E-state index in [9.17, 15) is 9.59 Å². The fourth-order valence-electron chi connectivity index (χ4n) is 2.52. The van der Waals surface area contributed by atoms with Gasteiger partial charge in [-0.1, -0.05) is 41.4 Å². The summed E-state index contributed by atoms with van der Waals surface area (Å²) in [5, 5.41) is 4.70. The van der Waals surface area contributed by atoms with Crippen LogP contribution in [0.3, 0.4) is 0 Å². The van der Waals surface area contributed by atoms with Gasteiger partial charge in [0.15, 0.2) is 0 Å². The molecular formula is C22H16Cl2N2O4. The number of carbonyl (C=O) groups is 2. The molecule has 0 fully saturated rings. The van der Waals surface area contributed by atoms with Gasteiger partial charge in [0, 0.05) is 21.2 Å². The second kappa shape index (κ2) is 9.91. The van der Waals surface area contributed by atoms with Crippen molar-refractivity contribution >= 4 is 41.3 Å². The molecule has 0 aliphatic heterocycles. The van der Waals surface area contributed by atoms with Gasteiger partial charge in [-0.2, -0.15) is 5.10 Å². The highest BCUT2D eigenvalue weighted by molar-refractivity contribution is 6.31. The molecule has 1 amide bonds. The second-order valence-electron chi connectivity index (χ2n) is 5.98. The van der Waals surface area contributed by atoms with Crippen molar-refractivity contribution in [1.29, 1.82) is 0 Å². The minimum atomic E-state index is -0.667. The lowest BCUT2D eigenvalue weighted by Gasteiger charge is -2.11. The number of ether oxygens (including phenoxy) is 2. The van der Waals surface area contributed by atoms with Gasteiger partial charge in [0.2, 0.25) is 0 Å². The fourth-order valence-corrected chi connectivity index (χ4v) is 2.87. The number of rotatable bonds is 6. The van der Waals surface area contributed by atoms with Crippen molar-refractivity contribution in [2.24, 2.45) is 5.10 Å². The Labute approximate surface area is 183 Å². The normalized spacial score (nSPS) is 10.6. The third-order valence-corrected chi connectivity index (χ3v) is 4.43. The lowest BCUT2D eigenvalue weighted by molar-refractivity contribution is 0.0730. The summed E-state index contributed by atoms with van der Waals surface area (Å²) in [5.41, 5.74) is 3.43. The smallest absolute Gasteiger partial charge is 0.347 e. The molecule has 0 heterocycles. The van der Waals surface area contributed by atoms with Crippen LogP contribution in [-0.4, -0.2) is 25.2 Å². The van der Waals surface area contributed by atoms with Crippen molar-refractivity contribution in [3.05, 3.63) is 93.5 Å². The first-order valence-electron chi connectivity index (χ1n) is 8.71. The summed E-state index contributed by atoms with van der Waals surface area (Å²) in [5.74, 6) is -0.524. The molecule has 0 unspecified atom stereocenters. The van der Waals surface area contributed by atoms with Gasteiger partial charge in [-0.05, 0) is 48.5 Å². The Morgan fingerprint density at radius 1 is 0.933 bits per heavy atom. The van der Waals surface area contributed by atoms with E-state index in [0.717, 1.165) is 0 Å². The van der Waals surface area contributed by atoms with Crippen LogP contribution in [0.1, 0.15) is 26.3 Å². The summed E-state index contributed by atoms with van der Waals surface area (Å²) in [6.45, 7) is 0. The molecule has 0 saturated heterocycles. The third kappa shape index (κ3) is 5.37. The number of methoxy groups -OCH3 is 1. The number of carbonyl (C=O) groups excluding carboxylic acids is 2. The molecule has 0 atom stereocenters. The Bertz CT molecular complexity index is 1100. The molecule has 6 nitrogen and oxygen atoms in total. The number of nitrogens with one attached hydrogen (secondary N) is 1. The zero-order chi connectivity index (χ0) is 21.5. The van der Waals surface area contributed by atoms with E-state index < -0.39 is 5.97 Å². The molecule has 0 spiro atoms. The van der Waals surface area contributed by atoms with Crippen molar-refractivity contribution in [2.45, 2.75) is 0 Å². The molecule has 1 N–H and O–H groups in total. The number of nitrogens with zero attached hydrogens (tertiary/aromatic N) is 1. The SMILES string of the molecule is COc1ccc(Cl)cc1C(=O)Oc1ccc(Cl)cc1/C=N/NC(=O)c1ccccc1. The lowest BCUT2D eigenvalue weighted by Crippen LogP contribution is -2.17. The Kier molecular flexibility index (Phi) is 7.06. The van der Waals surface area contributed by atoms with Gasteiger partial charge in [-0.3, -0.25) is 4.79 Å². The minimum Gasteiger partial charge on any atom is -0.496 e. The molecule has 0 aliphatic rings. The van der Waals surface area contributed by atoms with Crippen LogP contribution in [0.25, 0.3) is 0 Å². The number of benzene rings is 3. The van der Waals surface area contributed by atoms with Crippen LogP contribution in [0.2, 0.25) is 10.0 Å². The summed E-state index contributed by atoms with van der Waals surface area (Å²) in [4.78, 5) is 24.7. The number of halogens is 2. The zero-order valence-electron chi connectivity index (χ0n) is 15.8. The number of hydrogen-bond donors (Lipinski definition) is 1. The van der Waals surface area contributed by atoms with Gasteiger partial charge >= 0.3 is 5.97 Å². The molecule has 3 aromatic carbocycles. The molecule has 8 heteroatoms. The molecule has 0 saturated carbocycles. The first-order valence-corrected chi connectivity index (χ1v) is 9.47. The summed E-state index contributed by atoms with van der Waals surface area (Å²) in [6.07, 6.45) is 1.34. The molecule has 3 rings (SSSR count). The largest absolute Gasteiger partial charge is 0.496 e. The highest BCUT2D eigenvalue weighted by Gasteiger charge is 2.17. The topological polar surface area (TPSA) is 77.0 Å². The van der Waals surface area contributed by atoms with Gasteiger partial charge < -0.3 is 9.47 Å². The predicted molar refractivity (Wildman–Crippen MR) is 116 cm³/mol. The lowest BCUT2D eigenvalue weighted by atomic mass is 10.2. The number of hydrogen-bond acceptors (Lipinski definition) is 5. The molecule has 152 valence electrons. The van der Waals surface area contributed by atoms with Crippen LogP contribution in [0, 0.1) is 0 Å². The Hall–Kier alpha value is -3.35. The average Bonchev–Trinajstić information content (AvgIpc) is 2.76. The molecule has 30 heavy (non-hydrogen) atoms. The fraction of sp³-hybridized carbons (Fsp3) is 0.0455. The van der Waals surface area contributed by atoms with Crippen molar-refractivity contribution in [1.82, 2.24) is 5.43 Å². The third-order valence-electron chi connectivity index (χ3n) is 3.96. The molecule has 0 aliphatic carbocycles. The van der Waals surface area contributed by atoms with Crippen LogP contribution in [0.5, 0.6) is 11.5 Å². The number of hydrazone groups is 1. The van der Waals surface area contributed by atoms with Crippen molar-refractivity contribution in [2.75, 3.05) is 7.11 Å². The average molecular weight is 443 g/mol. The highest BCUT2D eigenvalue weighted by atomic mass is 35.5. The van der Waals surface area contributed by atoms with Crippen LogP contribution in [0.4, 0.5) is 0 Å². The zero-order valence-corrected chi connectivity index (χ0v) is 17.3. The van der Waals surface area contributed by atoms with Gasteiger partial charge in [0.05, 0.1) is 13.3 Å². The van der Waals surface area contributed by atoms with E-state index in [-0.39, 0.29) is 17.2 Å². The standard InChI is InChI=1S/C22H16Cl2N2O4/c1-29-20-10-8-17(24)12-18(20)22(28)30-19-9-7-16(23)11-15(19)13-25-26-21(27)14-5-3-2-4-6-14/h2-13H,1H3,(H,26,27)/b25-13+. The van der Waals surface area contributed by atoms with E-state index >= 15 is 0 Å². The minimum absolute atomic E-state index is 0.167. The summed E-state index contributed by atoms with van der Waals surface area (Å²) < 4.78 is 10.7. The van der Waals surface area contributed by atoms with Gasteiger partial charge in [0.1, 0.15) is 17.1 Å². The molecular weight excluding hydrogens is 427 g/mol. The molecule has 3 aromatic rings. The van der Waals surface area contributed by atoms with E-state index in [1.165, 1.54) is 25.5 Å². The Morgan fingerprint density at radius 3 is 2.30 bits per heavy atom. The van der Waals surface area contributed by atoms with Crippen molar-refractivity contribution < 1.29 is 19.1 Å². The van der Waals surface area contributed by atoms with E-state index in [1.807, 2.05) is 6.07 Å². The number of amides is 1. The Balaban J connectivity index is 1.79. The van der Waals surface area contributed by atoms with Crippen LogP contribution in [0.15, 0.2) is 71.8 Å². The maximum Gasteiger partial charge on any atom is 0.347 e. The first kappa shape index (κ1) is 21.4. The van der Waals surface area contributed by atoms with E-state index in [0.29, 0.717) is 26.9 Å². The molecule has 0 aromatic heterocycles. The maximum absolute atomic E-state index is 12.6. The monoisotopic (exact) mass is 442 g/mol. The summed E-state index contributed by atoms with van der Waals surface area (Å²) in [7, 11) is 1.44. The van der Waals surface area contributed by atoms with Crippen LogP contribution in [-0.2, 0) is 0 Å². The van der Waals surface area contributed by atoms with Crippen LogP contribution < -0.4 is 14.9 Å². The van der Waals surface area contributed by atoms with Gasteiger partial charge in [-0.25, -0.2) is 10.2 Å². The number of esters is 1. The van der Waals surface area contributed by atoms with E-state index in [2.05, 4.69) is 10.5 Å². The van der Waals surface area contributed by atoms with Gasteiger partial charge in [0.25, 0.3) is 5.91 Å². The van der Waals surface area contributed by atoms with E-state index in [1.54, 1.807) is 48.5 Å². The summed E-state index contributed by atoms with van der Waals surface area (Å²) >= 11 is 12.0. The van der Waals surface area contributed by atoms with Gasteiger partial charge in [-0.15, -0.1) is 0 Å². The molecule has 0 radical (unpaired) electrons. The highest BCUT2D eigenvalue weighted by Crippen LogP contribution is 2.26. The second-order valence-corrected chi connectivity index (χ2v) is 6.85. The Morgan fingerprint density at radius 2 is 1.60 bits per heavy atom. The predicted octanol–water partition coefficient (Wildman–Crippen LogP) is 4.99. The quantitative estimate of drug-likeness (QED) is 0.252.